The Morgan fingerprint density at radius 1 is 1.03 bits per heavy atom. The molecule has 12 heteroatoms. The lowest BCUT2D eigenvalue weighted by molar-refractivity contribution is 0.313. The maximum Gasteiger partial charge on any atom is 0.230 e. The lowest BCUT2D eigenvalue weighted by atomic mass is 10.3. The summed E-state index contributed by atoms with van der Waals surface area (Å²) in [5, 5.41) is 6.73. The molecule has 0 aliphatic carbocycles. The van der Waals surface area contributed by atoms with Crippen molar-refractivity contribution in [3.8, 4) is 0 Å². The number of hydrogen-bond donors (Lipinski definition) is 2. The molecule has 35 heavy (non-hydrogen) atoms. The Balaban J connectivity index is 1.47. The van der Waals surface area contributed by atoms with Crippen molar-refractivity contribution < 1.29 is 17.2 Å². The summed E-state index contributed by atoms with van der Waals surface area (Å²) in [7, 11) is -0.414. The van der Waals surface area contributed by atoms with Crippen molar-refractivity contribution in [1.82, 2.24) is 19.9 Å². The molecule has 9 nitrogen and oxygen atoms in total. The predicted octanol–water partition coefficient (Wildman–Crippen LogP) is 3.13. The number of nitrogens with zero attached hydrogens (tertiary/aromatic N) is 5. The Morgan fingerprint density at radius 3 is 2.46 bits per heavy atom. The van der Waals surface area contributed by atoms with Crippen LogP contribution >= 0.6 is 0 Å². The lowest BCUT2D eigenvalue weighted by Crippen LogP contribution is -2.44. The Morgan fingerprint density at radius 2 is 1.80 bits per heavy atom. The number of halogens is 2. The number of aromatic nitrogens is 3. The number of anilines is 4. The van der Waals surface area contributed by atoms with Crippen molar-refractivity contribution in [3.05, 3.63) is 65.3 Å². The van der Waals surface area contributed by atoms with Gasteiger partial charge in [0.15, 0.2) is 0 Å². The van der Waals surface area contributed by atoms with Gasteiger partial charge in [-0.05, 0) is 37.4 Å². The standard InChI is InChI=1S/C23H25F2N7O2S/c1-26-22-16(7-12-35(33,34)20-5-3-17(24)13-19(20)25)14-28-23(30-22)29-21-6-4-18(15-27-21)32-10-8-31(2)9-11-32/h3-7,12-15H,8-11H2,1-2H3,(H2,26,27,28,29,30). The zero-order chi connectivity index (χ0) is 25.0. The smallest absolute Gasteiger partial charge is 0.230 e. The van der Waals surface area contributed by atoms with Crippen molar-refractivity contribution >= 4 is 39.2 Å². The fourth-order valence-corrected chi connectivity index (χ4v) is 4.60. The first-order valence-electron chi connectivity index (χ1n) is 10.8. The Bertz CT molecular complexity index is 1330. The van der Waals surface area contributed by atoms with E-state index in [1.54, 1.807) is 13.2 Å². The normalized spacial score (nSPS) is 14.9. The molecule has 4 rings (SSSR count). The third kappa shape index (κ3) is 5.89. The first-order valence-corrected chi connectivity index (χ1v) is 12.4. The molecule has 0 atom stereocenters. The van der Waals surface area contributed by atoms with Crippen LogP contribution in [0.5, 0.6) is 0 Å². The minimum absolute atomic E-state index is 0.263. The van der Waals surface area contributed by atoms with E-state index in [0.29, 0.717) is 23.3 Å². The fourth-order valence-electron chi connectivity index (χ4n) is 3.54. The van der Waals surface area contributed by atoms with Crippen molar-refractivity contribution in [3.63, 3.8) is 0 Å². The van der Waals surface area contributed by atoms with Gasteiger partial charge in [-0.3, -0.25) is 0 Å². The van der Waals surface area contributed by atoms with Crippen LogP contribution in [0.4, 0.5) is 32.1 Å². The van der Waals surface area contributed by atoms with E-state index in [4.69, 9.17) is 0 Å². The van der Waals surface area contributed by atoms with Crippen LogP contribution < -0.4 is 15.5 Å². The van der Waals surface area contributed by atoms with E-state index in [0.717, 1.165) is 49.4 Å². The highest BCUT2D eigenvalue weighted by atomic mass is 32.2. The second kappa shape index (κ2) is 10.3. The Labute approximate surface area is 202 Å². The summed E-state index contributed by atoms with van der Waals surface area (Å²) in [4.78, 5) is 17.0. The second-order valence-electron chi connectivity index (χ2n) is 7.99. The van der Waals surface area contributed by atoms with Crippen LogP contribution in [0, 0.1) is 11.6 Å². The van der Waals surface area contributed by atoms with Gasteiger partial charge in [-0.1, -0.05) is 0 Å². The summed E-state index contributed by atoms with van der Waals surface area (Å²) in [6.07, 6.45) is 4.47. The van der Waals surface area contributed by atoms with E-state index < -0.39 is 26.4 Å². The number of hydrogen-bond acceptors (Lipinski definition) is 9. The van der Waals surface area contributed by atoms with Gasteiger partial charge in [0.05, 0.1) is 11.9 Å². The van der Waals surface area contributed by atoms with Crippen LogP contribution in [0.1, 0.15) is 5.56 Å². The molecule has 0 unspecified atom stereocenters. The molecule has 1 saturated heterocycles. The number of pyridine rings is 1. The summed E-state index contributed by atoms with van der Waals surface area (Å²) in [5.41, 5.74) is 1.40. The van der Waals surface area contributed by atoms with E-state index in [1.165, 1.54) is 12.3 Å². The molecule has 1 aliphatic rings. The average molecular weight is 502 g/mol. The second-order valence-corrected chi connectivity index (χ2v) is 9.79. The molecule has 1 aromatic carbocycles. The summed E-state index contributed by atoms with van der Waals surface area (Å²) < 4.78 is 52.0. The van der Waals surface area contributed by atoms with Gasteiger partial charge in [-0.2, -0.15) is 4.98 Å². The molecule has 0 spiro atoms. The molecule has 2 N–H and O–H groups in total. The van der Waals surface area contributed by atoms with Crippen LogP contribution in [0.2, 0.25) is 0 Å². The maximum atomic E-state index is 13.9. The molecule has 3 heterocycles. The molecule has 3 aromatic rings. The van der Waals surface area contributed by atoms with Crippen molar-refractivity contribution in [2.45, 2.75) is 4.90 Å². The van der Waals surface area contributed by atoms with Crippen molar-refractivity contribution in [2.75, 3.05) is 55.8 Å². The molecule has 184 valence electrons. The van der Waals surface area contributed by atoms with E-state index in [9.17, 15) is 17.2 Å². The highest BCUT2D eigenvalue weighted by molar-refractivity contribution is 7.94. The summed E-state index contributed by atoms with van der Waals surface area (Å²) in [6.45, 7) is 3.89. The van der Waals surface area contributed by atoms with Gasteiger partial charge in [0.25, 0.3) is 0 Å². The highest BCUT2D eigenvalue weighted by Gasteiger charge is 2.18. The summed E-state index contributed by atoms with van der Waals surface area (Å²) in [6, 6.07) is 6.12. The van der Waals surface area contributed by atoms with E-state index in [2.05, 4.69) is 42.4 Å². The number of rotatable bonds is 7. The first-order chi connectivity index (χ1) is 16.7. The van der Waals surface area contributed by atoms with Crippen molar-refractivity contribution in [1.29, 1.82) is 0 Å². The molecule has 1 fully saturated rings. The average Bonchev–Trinajstić information content (AvgIpc) is 2.84. The van der Waals surface area contributed by atoms with Crippen LogP contribution in [0.15, 0.2) is 53.0 Å². The monoisotopic (exact) mass is 501 g/mol. The number of piperazine rings is 1. The zero-order valence-corrected chi connectivity index (χ0v) is 20.1. The molecule has 0 saturated carbocycles. The van der Waals surface area contributed by atoms with Gasteiger partial charge in [-0.25, -0.2) is 27.2 Å². The van der Waals surface area contributed by atoms with E-state index in [-0.39, 0.29) is 5.95 Å². The van der Waals surface area contributed by atoms with E-state index in [1.807, 2.05) is 12.1 Å². The number of benzene rings is 1. The highest BCUT2D eigenvalue weighted by Crippen LogP contribution is 2.23. The number of sulfone groups is 1. The topological polar surface area (TPSA) is 103 Å². The Kier molecular flexibility index (Phi) is 7.22. The van der Waals surface area contributed by atoms with Gasteiger partial charge in [0.2, 0.25) is 15.8 Å². The predicted molar refractivity (Wildman–Crippen MR) is 131 cm³/mol. The van der Waals surface area contributed by atoms with Crippen LogP contribution in [-0.2, 0) is 9.84 Å². The quantitative estimate of drug-likeness (QED) is 0.473. The minimum atomic E-state index is -4.14. The zero-order valence-electron chi connectivity index (χ0n) is 19.2. The third-order valence-electron chi connectivity index (χ3n) is 5.54. The van der Waals surface area contributed by atoms with Crippen LogP contribution in [-0.4, -0.2) is 68.5 Å². The minimum Gasteiger partial charge on any atom is -0.372 e. The largest absolute Gasteiger partial charge is 0.372 e. The van der Waals surface area contributed by atoms with Crippen LogP contribution in [0.3, 0.4) is 0 Å². The molecule has 0 amide bonds. The van der Waals surface area contributed by atoms with Gasteiger partial charge in [-0.15, -0.1) is 0 Å². The van der Waals surface area contributed by atoms with Gasteiger partial charge in [0, 0.05) is 56.5 Å². The molecular weight excluding hydrogens is 476 g/mol. The van der Waals surface area contributed by atoms with Gasteiger partial charge < -0.3 is 20.4 Å². The van der Waals surface area contributed by atoms with E-state index >= 15 is 0 Å². The van der Waals surface area contributed by atoms with Gasteiger partial charge in [0.1, 0.15) is 28.2 Å². The molecule has 1 aliphatic heterocycles. The van der Waals surface area contributed by atoms with Crippen LogP contribution in [0.25, 0.3) is 6.08 Å². The number of nitrogens with one attached hydrogen (secondary N) is 2. The van der Waals surface area contributed by atoms with Gasteiger partial charge >= 0.3 is 0 Å². The lowest BCUT2D eigenvalue weighted by Gasteiger charge is -2.33. The molecule has 0 bridgehead atoms. The third-order valence-corrected chi connectivity index (χ3v) is 6.98. The Hall–Kier alpha value is -3.64. The molecule has 0 radical (unpaired) electrons. The maximum absolute atomic E-state index is 13.9. The van der Waals surface area contributed by atoms with Crippen molar-refractivity contribution in [2.24, 2.45) is 0 Å². The SMILES string of the molecule is CNc1nc(Nc2ccc(N3CCN(C)CC3)cn2)ncc1C=CS(=O)(=O)c1ccc(F)cc1F. The first kappa shape index (κ1) is 24.5. The summed E-state index contributed by atoms with van der Waals surface area (Å²) >= 11 is 0. The fraction of sp³-hybridized carbons (Fsp3) is 0.261. The molecular formula is C23H25F2N7O2S. The summed E-state index contributed by atoms with van der Waals surface area (Å²) in [5.74, 6) is -0.850. The molecule has 2 aromatic heterocycles. The number of likely N-dealkylation sites (N-methyl/N-ethyl adjacent to an activating group) is 1.